The Morgan fingerprint density at radius 3 is 1.26 bits per heavy atom. The number of carboxylic acids is 2. The van der Waals surface area contributed by atoms with E-state index in [4.69, 9.17) is 0 Å². The summed E-state index contributed by atoms with van der Waals surface area (Å²) in [7, 11) is 0. The number of carbonyl (C=O) groups is 2. The van der Waals surface area contributed by atoms with E-state index in [2.05, 4.69) is 0 Å². The molecule has 2 heterocycles. The SMILES string of the molecule is CC1(C)CC(C(CCC(=O)O)(C(=O)O)C2CC(C)(C)N(O)C(C)(C)C2)CC(C)(C)N1O. The van der Waals surface area contributed by atoms with Crippen molar-refractivity contribution in [3.05, 3.63) is 0 Å². The fraction of sp³-hybridized carbons (Fsp3) is 0.913. The lowest BCUT2D eigenvalue weighted by Gasteiger charge is -2.60. The molecule has 8 nitrogen and oxygen atoms in total. The van der Waals surface area contributed by atoms with Gasteiger partial charge in [0.25, 0.3) is 0 Å². The Morgan fingerprint density at radius 2 is 1.03 bits per heavy atom. The van der Waals surface area contributed by atoms with Gasteiger partial charge in [-0.2, -0.15) is 10.1 Å². The number of nitrogens with zero attached hydrogens (tertiary/aromatic N) is 2. The quantitative estimate of drug-likeness (QED) is 0.482. The second-order valence-electron chi connectivity index (χ2n) is 12.3. The second kappa shape index (κ2) is 7.97. The molecule has 0 bridgehead atoms. The monoisotopic (exact) mass is 442 g/mol. The molecule has 2 rings (SSSR count). The maximum atomic E-state index is 13.1. The smallest absolute Gasteiger partial charge is 0.310 e. The van der Waals surface area contributed by atoms with Gasteiger partial charge in [0.05, 0.1) is 5.41 Å². The van der Waals surface area contributed by atoms with Crippen molar-refractivity contribution in [3.8, 4) is 0 Å². The molecule has 0 aliphatic carbocycles. The minimum Gasteiger partial charge on any atom is -0.481 e. The number of hydrogen-bond acceptors (Lipinski definition) is 6. The molecule has 0 aromatic rings. The van der Waals surface area contributed by atoms with Crippen LogP contribution in [0.25, 0.3) is 0 Å². The molecule has 31 heavy (non-hydrogen) atoms. The molecular weight excluding hydrogens is 400 g/mol. The summed E-state index contributed by atoms with van der Waals surface area (Å²) in [5.41, 5.74) is -3.89. The molecule has 0 saturated carbocycles. The first-order valence-electron chi connectivity index (χ1n) is 11.2. The highest BCUT2D eigenvalue weighted by Crippen LogP contribution is 2.57. The predicted molar refractivity (Wildman–Crippen MR) is 116 cm³/mol. The Labute approximate surface area is 186 Å². The van der Waals surface area contributed by atoms with Crippen LogP contribution < -0.4 is 0 Å². The van der Waals surface area contributed by atoms with Crippen LogP contribution in [0.5, 0.6) is 0 Å². The van der Waals surface area contributed by atoms with Crippen molar-refractivity contribution in [1.29, 1.82) is 0 Å². The highest BCUT2D eigenvalue weighted by Gasteiger charge is 2.61. The normalized spacial score (nSPS) is 27.2. The van der Waals surface area contributed by atoms with Gasteiger partial charge >= 0.3 is 11.9 Å². The fourth-order valence-corrected chi connectivity index (χ4v) is 6.78. The summed E-state index contributed by atoms with van der Waals surface area (Å²) in [6.07, 6.45) is 1.57. The Kier molecular flexibility index (Phi) is 6.70. The molecule has 2 fully saturated rings. The Balaban J connectivity index is 2.64. The van der Waals surface area contributed by atoms with E-state index in [0.29, 0.717) is 25.7 Å². The average molecular weight is 443 g/mol. The van der Waals surface area contributed by atoms with Gasteiger partial charge in [0.2, 0.25) is 0 Å². The average Bonchev–Trinajstić information content (AvgIpc) is 2.56. The second-order valence-corrected chi connectivity index (χ2v) is 12.3. The summed E-state index contributed by atoms with van der Waals surface area (Å²) in [6, 6.07) is 0. The molecule has 2 saturated heterocycles. The van der Waals surface area contributed by atoms with Crippen LogP contribution in [-0.4, -0.2) is 64.8 Å². The molecule has 0 aromatic heterocycles. The third-order valence-corrected chi connectivity index (χ3v) is 7.88. The zero-order valence-electron chi connectivity index (χ0n) is 20.4. The van der Waals surface area contributed by atoms with Gasteiger partial charge in [0, 0.05) is 28.6 Å². The van der Waals surface area contributed by atoms with Crippen molar-refractivity contribution in [2.24, 2.45) is 17.3 Å². The number of rotatable bonds is 6. The zero-order valence-corrected chi connectivity index (χ0v) is 20.4. The molecule has 0 spiro atoms. The van der Waals surface area contributed by atoms with Crippen LogP contribution in [-0.2, 0) is 9.59 Å². The molecule has 4 N–H and O–H groups in total. The highest BCUT2D eigenvalue weighted by molar-refractivity contribution is 5.77. The van der Waals surface area contributed by atoms with Crippen LogP contribution >= 0.6 is 0 Å². The molecule has 180 valence electrons. The molecule has 0 atom stereocenters. The van der Waals surface area contributed by atoms with E-state index in [0.717, 1.165) is 0 Å². The largest absolute Gasteiger partial charge is 0.481 e. The molecule has 8 heteroatoms. The van der Waals surface area contributed by atoms with Gasteiger partial charge in [-0.1, -0.05) is 0 Å². The van der Waals surface area contributed by atoms with E-state index in [1.807, 2.05) is 55.4 Å². The van der Waals surface area contributed by atoms with Crippen molar-refractivity contribution < 1.29 is 30.2 Å². The van der Waals surface area contributed by atoms with Crippen molar-refractivity contribution in [3.63, 3.8) is 0 Å². The highest BCUT2D eigenvalue weighted by atomic mass is 16.5. The first-order valence-corrected chi connectivity index (χ1v) is 11.2. The maximum absolute atomic E-state index is 13.1. The van der Waals surface area contributed by atoms with E-state index >= 15 is 0 Å². The summed E-state index contributed by atoms with van der Waals surface area (Å²) >= 11 is 0. The van der Waals surface area contributed by atoms with Crippen LogP contribution in [0.1, 0.15) is 93.9 Å². The van der Waals surface area contributed by atoms with Crippen molar-refractivity contribution in [1.82, 2.24) is 10.1 Å². The van der Waals surface area contributed by atoms with E-state index in [9.17, 15) is 30.2 Å². The third kappa shape index (κ3) is 4.63. The standard InChI is InChI=1S/C23H42N2O6/c1-19(2)11-15(12-20(3,4)24(19)30)23(18(28)29,10-9-17(26)27)16-13-21(5,6)25(31)22(7,8)14-16/h15-16,30-31H,9-14H2,1-8H3,(H,26,27)(H,28,29). The van der Waals surface area contributed by atoms with Gasteiger partial charge in [-0.15, -0.1) is 0 Å². The minimum atomic E-state index is -1.27. The van der Waals surface area contributed by atoms with Crippen LogP contribution in [0, 0.1) is 17.3 Å². The van der Waals surface area contributed by atoms with Crippen LogP contribution in [0.3, 0.4) is 0 Å². The van der Waals surface area contributed by atoms with Gasteiger partial charge in [-0.05, 0) is 99.3 Å². The molecular formula is C23H42N2O6. The lowest BCUT2D eigenvalue weighted by atomic mass is 9.52. The molecule has 0 radical (unpaired) electrons. The third-order valence-electron chi connectivity index (χ3n) is 7.88. The number of carboxylic acid groups (broad SMARTS) is 2. The van der Waals surface area contributed by atoms with Gasteiger partial charge < -0.3 is 20.6 Å². The Morgan fingerprint density at radius 1 is 0.742 bits per heavy atom. The van der Waals surface area contributed by atoms with Crippen LogP contribution in [0.2, 0.25) is 0 Å². The summed E-state index contributed by atoms with van der Waals surface area (Å²) in [5, 5.41) is 44.4. The zero-order chi connectivity index (χ0) is 24.2. The Hall–Kier alpha value is -1.22. The van der Waals surface area contributed by atoms with E-state index < -0.39 is 39.5 Å². The van der Waals surface area contributed by atoms with Crippen molar-refractivity contribution >= 4 is 11.9 Å². The van der Waals surface area contributed by atoms with E-state index in [1.165, 1.54) is 10.1 Å². The fourth-order valence-electron chi connectivity index (χ4n) is 6.78. The van der Waals surface area contributed by atoms with Crippen molar-refractivity contribution in [2.45, 2.75) is 116 Å². The molecule has 0 amide bonds. The summed E-state index contributed by atoms with van der Waals surface area (Å²) in [5.74, 6) is -2.62. The molecule has 0 aromatic carbocycles. The Bertz CT molecular complexity index is 637. The lowest BCUT2D eigenvalue weighted by Crippen LogP contribution is -2.66. The van der Waals surface area contributed by atoms with E-state index in [1.54, 1.807) is 0 Å². The molecule has 0 unspecified atom stereocenters. The summed E-state index contributed by atoms with van der Waals surface area (Å²) in [6.45, 7) is 15.2. The van der Waals surface area contributed by atoms with Crippen molar-refractivity contribution in [2.75, 3.05) is 0 Å². The minimum absolute atomic E-state index is 0.0299. The lowest BCUT2D eigenvalue weighted by molar-refractivity contribution is -0.276. The number of aliphatic carboxylic acids is 2. The van der Waals surface area contributed by atoms with Crippen LogP contribution in [0.4, 0.5) is 0 Å². The number of piperidine rings is 2. The van der Waals surface area contributed by atoms with Gasteiger partial charge in [0.1, 0.15) is 0 Å². The van der Waals surface area contributed by atoms with Gasteiger partial charge in [-0.25, -0.2) is 0 Å². The number of hydrogen-bond donors (Lipinski definition) is 4. The molecule has 2 aliphatic rings. The molecule has 2 aliphatic heterocycles. The predicted octanol–water partition coefficient (Wildman–Crippen LogP) is 4.24. The van der Waals surface area contributed by atoms with Crippen LogP contribution in [0.15, 0.2) is 0 Å². The number of hydroxylamine groups is 4. The van der Waals surface area contributed by atoms with Gasteiger partial charge in [0.15, 0.2) is 0 Å². The first-order chi connectivity index (χ1) is 13.8. The topological polar surface area (TPSA) is 122 Å². The summed E-state index contributed by atoms with van der Waals surface area (Å²) < 4.78 is 0. The van der Waals surface area contributed by atoms with Gasteiger partial charge in [-0.3, -0.25) is 9.59 Å². The maximum Gasteiger partial charge on any atom is 0.310 e. The summed E-state index contributed by atoms with van der Waals surface area (Å²) in [4.78, 5) is 24.7. The first kappa shape index (κ1) is 26.0. The van der Waals surface area contributed by atoms with E-state index in [-0.39, 0.29) is 24.7 Å².